The van der Waals surface area contributed by atoms with E-state index in [9.17, 15) is 4.79 Å². The minimum atomic E-state index is -0.241. The van der Waals surface area contributed by atoms with Gasteiger partial charge >= 0.3 is 5.97 Å². The average Bonchev–Trinajstić information content (AvgIpc) is 2.34. The second-order valence-electron chi connectivity index (χ2n) is 3.08. The van der Waals surface area contributed by atoms with E-state index in [0.29, 0.717) is 12.8 Å². The van der Waals surface area contributed by atoms with Crippen LogP contribution in [0.15, 0.2) is 24.3 Å². The van der Waals surface area contributed by atoms with E-state index in [4.69, 9.17) is 4.74 Å². The number of carbonyl (C=O) groups excluding carboxylic acids is 1. The van der Waals surface area contributed by atoms with Gasteiger partial charge in [0.15, 0.2) is 0 Å². The lowest BCUT2D eigenvalue weighted by molar-refractivity contribution is -0.140. The van der Waals surface area contributed by atoms with Crippen molar-refractivity contribution in [3.63, 3.8) is 0 Å². The van der Waals surface area contributed by atoms with Crippen molar-refractivity contribution in [2.75, 3.05) is 14.2 Å². The predicted octanol–water partition coefficient (Wildman–Crippen LogP) is 2.00. The van der Waals surface area contributed by atoms with Gasteiger partial charge in [-0.05, 0) is 12.1 Å². The molecule has 1 aromatic rings. The first-order valence-corrected chi connectivity index (χ1v) is 4.96. The van der Waals surface area contributed by atoms with Crippen LogP contribution in [0.5, 0.6) is 5.75 Å². The second-order valence-corrected chi connectivity index (χ2v) is 3.08. The first-order valence-electron chi connectivity index (χ1n) is 4.96. The summed E-state index contributed by atoms with van der Waals surface area (Å²) in [7, 11) is 2.98. The Balaban J connectivity index is 2.59. The van der Waals surface area contributed by atoms with Gasteiger partial charge in [0.05, 0.1) is 26.2 Å². The molecule has 0 bridgehead atoms. The third-order valence-corrected chi connectivity index (χ3v) is 2.01. The molecule has 0 saturated heterocycles. The van der Waals surface area contributed by atoms with Crippen molar-refractivity contribution in [3.05, 3.63) is 29.8 Å². The van der Waals surface area contributed by atoms with Crippen molar-refractivity contribution in [1.29, 1.82) is 0 Å². The van der Waals surface area contributed by atoms with Crippen LogP contribution in [-0.4, -0.2) is 20.2 Å². The first-order chi connectivity index (χ1) is 7.77. The smallest absolute Gasteiger partial charge is 0.306 e. The van der Waals surface area contributed by atoms with E-state index in [1.807, 2.05) is 24.3 Å². The standard InChI is InChI=1S/C13H14O3/c1-15-12-9-5-3-7-11(12)8-4-6-10-13(14)16-2/h3,5,7,9H,6,10H2,1-2H3. The number of para-hydroxylation sites is 1. The Labute approximate surface area is 95.4 Å². The molecule has 0 N–H and O–H groups in total. The molecule has 0 aliphatic rings. The second kappa shape index (κ2) is 6.52. The zero-order chi connectivity index (χ0) is 11.8. The van der Waals surface area contributed by atoms with Gasteiger partial charge in [-0.15, -0.1) is 0 Å². The maximum absolute atomic E-state index is 10.8. The molecule has 16 heavy (non-hydrogen) atoms. The number of carbonyl (C=O) groups is 1. The number of ether oxygens (including phenoxy) is 2. The molecule has 1 rings (SSSR count). The molecule has 0 spiro atoms. The highest BCUT2D eigenvalue weighted by atomic mass is 16.5. The van der Waals surface area contributed by atoms with E-state index in [2.05, 4.69) is 16.6 Å². The summed E-state index contributed by atoms with van der Waals surface area (Å²) < 4.78 is 9.67. The number of rotatable bonds is 3. The lowest BCUT2D eigenvalue weighted by atomic mass is 10.2. The van der Waals surface area contributed by atoms with Crippen molar-refractivity contribution in [2.24, 2.45) is 0 Å². The quantitative estimate of drug-likeness (QED) is 0.575. The molecule has 3 heteroatoms. The Morgan fingerprint density at radius 2 is 2.06 bits per heavy atom. The zero-order valence-electron chi connectivity index (χ0n) is 9.45. The van der Waals surface area contributed by atoms with Gasteiger partial charge in [-0.25, -0.2) is 0 Å². The highest BCUT2D eigenvalue weighted by Crippen LogP contribution is 2.15. The number of hydrogen-bond acceptors (Lipinski definition) is 3. The van der Waals surface area contributed by atoms with Crippen LogP contribution in [0, 0.1) is 11.8 Å². The molecule has 0 radical (unpaired) electrons. The van der Waals surface area contributed by atoms with Crippen LogP contribution in [-0.2, 0) is 9.53 Å². The molecule has 0 heterocycles. The van der Waals surface area contributed by atoms with Crippen LogP contribution < -0.4 is 4.74 Å². The van der Waals surface area contributed by atoms with Crippen molar-refractivity contribution in [3.8, 4) is 17.6 Å². The summed E-state index contributed by atoms with van der Waals surface area (Å²) in [4.78, 5) is 10.8. The molecule has 3 nitrogen and oxygen atoms in total. The molecular weight excluding hydrogens is 204 g/mol. The Hall–Kier alpha value is -1.95. The minimum absolute atomic E-state index is 0.241. The van der Waals surface area contributed by atoms with Crippen LogP contribution in [0.1, 0.15) is 18.4 Å². The van der Waals surface area contributed by atoms with E-state index >= 15 is 0 Å². The molecule has 84 valence electrons. The molecule has 0 aliphatic heterocycles. The van der Waals surface area contributed by atoms with E-state index in [-0.39, 0.29) is 5.97 Å². The fraction of sp³-hybridized carbons (Fsp3) is 0.308. The molecule has 0 fully saturated rings. The molecule has 0 aliphatic carbocycles. The van der Waals surface area contributed by atoms with Crippen LogP contribution >= 0.6 is 0 Å². The molecule has 0 saturated carbocycles. The number of hydrogen-bond donors (Lipinski definition) is 0. The Bertz CT molecular complexity index is 413. The third-order valence-electron chi connectivity index (χ3n) is 2.01. The van der Waals surface area contributed by atoms with Crippen molar-refractivity contribution in [1.82, 2.24) is 0 Å². The largest absolute Gasteiger partial charge is 0.495 e. The summed E-state index contributed by atoms with van der Waals surface area (Å²) in [5.74, 6) is 6.37. The Morgan fingerprint density at radius 1 is 1.31 bits per heavy atom. The summed E-state index contributed by atoms with van der Waals surface area (Å²) in [6.07, 6.45) is 0.809. The van der Waals surface area contributed by atoms with Gasteiger partial charge in [-0.2, -0.15) is 0 Å². The van der Waals surface area contributed by atoms with Crippen LogP contribution in [0.25, 0.3) is 0 Å². The van der Waals surface area contributed by atoms with E-state index in [1.165, 1.54) is 7.11 Å². The molecule has 0 aromatic heterocycles. The lowest BCUT2D eigenvalue weighted by Gasteiger charge is -2.00. The average molecular weight is 218 g/mol. The number of esters is 1. The summed E-state index contributed by atoms with van der Waals surface area (Å²) in [6.45, 7) is 0. The zero-order valence-corrected chi connectivity index (χ0v) is 9.45. The topological polar surface area (TPSA) is 35.5 Å². The van der Waals surface area contributed by atoms with Crippen molar-refractivity contribution >= 4 is 5.97 Å². The minimum Gasteiger partial charge on any atom is -0.495 e. The molecule has 0 unspecified atom stereocenters. The lowest BCUT2D eigenvalue weighted by Crippen LogP contribution is -1.98. The molecule has 1 aromatic carbocycles. The van der Waals surface area contributed by atoms with Crippen LogP contribution in [0.3, 0.4) is 0 Å². The van der Waals surface area contributed by atoms with Gasteiger partial charge in [0.25, 0.3) is 0 Å². The Kier molecular flexibility index (Phi) is 4.94. The van der Waals surface area contributed by atoms with Gasteiger partial charge in [0, 0.05) is 6.42 Å². The highest BCUT2D eigenvalue weighted by Gasteiger charge is 1.98. The first kappa shape index (κ1) is 12.1. The maximum atomic E-state index is 10.8. The summed E-state index contributed by atoms with van der Waals surface area (Å²) >= 11 is 0. The van der Waals surface area contributed by atoms with Crippen molar-refractivity contribution in [2.45, 2.75) is 12.8 Å². The van der Waals surface area contributed by atoms with Gasteiger partial charge in [-0.3, -0.25) is 4.79 Å². The summed E-state index contributed by atoms with van der Waals surface area (Å²) in [5, 5.41) is 0. The normalized spacial score (nSPS) is 8.88. The van der Waals surface area contributed by atoms with Crippen LogP contribution in [0.2, 0.25) is 0 Å². The van der Waals surface area contributed by atoms with Crippen molar-refractivity contribution < 1.29 is 14.3 Å². The van der Waals surface area contributed by atoms with Gasteiger partial charge < -0.3 is 9.47 Å². The van der Waals surface area contributed by atoms with E-state index in [0.717, 1.165) is 11.3 Å². The maximum Gasteiger partial charge on any atom is 0.306 e. The molecular formula is C13H14O3. The van der Waals surface area contributed by atoms with E-state index < -0.39 is 0 Å². The van der Waals surface area contributed by atoms with E-state index in [1.54, 1.807) is 7.11 Å². The van der Waals surface area contributed by atoms with Gasteiger partial charge in [-0.1, -0.05) is 24.0 Å². The fourth-order valence-corrected chi connectivity index (χ4v) is 1.17. The SMILES string of the molecule is COC(=O)CCC#Cc1ccccc1OC. The third kappa shape index (κ3) is 3.66. The monoisotopic (exact) mass is 218 g/mol. The predicted molar refractivity (Wildman–Crippen MR) is 61.1 cm³/mol. The summed E-state index contributed by atoms with van der Waals surface area (Å²) in [5.41, 5.74) is 0.829. The summed E-state index contributed by atoms with van der Waals surface area (Å²) in [6, 6.07) is 7.51. The van der Waals surface area contributed by atoms with Crippen LogP contribution in [0.4, 0.5) is 0 Å². The fourth-order valence-electron chi connectivity index (χ4n) is 1.17. The highest BCUT2D eigenvalue weighted by molar-refractivity contribution is 5.69. The Morgan fingerprint density at radius 3 is 2.75 bits per heavy atom. The number of benzene rings is 1. The number of methoxy groups -OCH3 is 2. The molecule has 0 amide bonds. The van der Waals surface area contributed by atoms with Gasteiger partial charge in [0.2, 0.25) is 0 Å². The van der Waals surface area contributed by atoms with Gasteiger partial charge in [0.1, 0.15) is 5.75 Å². The molecule has 0 atom stereocenters.